The van der Waals surface area contributed by atoms with Crippen molar-refractivity contribution < 1.29 is 58.9 Å². The van der Waals surface area contributed by atoms with Crippen LogP contribution in [0.1, 0.15) is 29.0 Å². The molecule has 1 aliphatic heterocycles. The van der Waals surface area contributed by atoms with Crippen molar-refractivity contribution in [1.29, 1.82) is 0 Å². The summed E-state index contributed by atoms with van der Waals surface area (Å²) in [5.41, 5.74) is 7.15. The number of halogens is 8. The number of alkyl carbamates (subject to hydrolysis) is 1. The third kappa shape index (κ3) is 11.5. The van der Waals surface area contributed by atoms with E-state index in [4.69, 9.17) is 15.2 Å². The van der Waals surface area contributed by atoms with Crippen LogP contribution in [0.2, 0.25) is 0 Å². The Hall–Kier alpha value is -4.55. The second kappa shape index (κ2) is 16.2. The van der Waals surface area contributed by atoms with Crippen molar-refractivity contribution in [1.82, 2.24) is 15.6 Å². The van der Waals surface area contributed by atoms with Crippen molar-refractivity contribution in [2.45, 2.75) is 49.5 Å². The molecule has 4 rings (SSSR count). The fourth-order valence-electron chi connectivity index (χ4n) is 5.01. The molecular weight excluding hydrogens is 674 g/mol. The van der Waals surface area contributed by atoms with Gasteiger partial charge in [0.1, 0.15) is 30.5 Å². The maximum atomic E-state index is 15.0. The Morgan fingerprint density at radius 3 is 2.24 bits per heavy atom. The van der Waals surface area contributed by atoms with Crippen LogP contribution in [0, 0.1) is 11.6 Å². The van der Waals surface area contributed by atoms with Crippen LogP contribution in [0.4, 0.5) is 45.6 Å². The van der Waals surface area contributed by atoms with Crippen molar-refractivity contribution in [3.63, 3.8) is 0 Å². The summed E-state index contributed by atoms with van der Waals surface area (Å²) >= 11 is 0. The number of anilines is 1. The van der Waals surface area contributed by atoms with Crippen LogP contribution < -0.4 is 26.4 Å². The predicted octanol–water partition coefficient (Wildman–Crippen LogP) is 4.93. The van der Waals surface area contributed by atoms with Crippen molar-refractivity contribution in [2.24, 2.45) is 5.73 Å². The fourth-order valence-corrected chi connectivity index (χ4v) is 5.01. The number of ether oxygens (including phenoxy) is 3. The Morgan fingerprint density at radius 2 is 1.65 bits per heavy atom. The van der Waals surface area contributed by atoms with Gasteiger partial charge in [0.15, 0.2) is 0 Å². The van der Waals surface area contributed by atoms with Crippen LogP contribution in [0.5, 0.6) is 5.75 Å². The average Bonchev–Trinajstić information content (AvgIpc) is 3.03. The lowest BCUT2D eigenvalue weighted by molar-refractivity contribution is -0.274. The van der Waals surface area contributed by atoms with E-state index in [0.29, 0.717) is 11.1 Å². The monoisotopic (exact) mass is 705 g/mol. The molecule has 1 aromatic heterocycles. The number of rotatable bonds is 12. The molecule has 2 heterocycles. The summed E-state index contributed by atoms with van der Waals surface area (Å²) in [5, 5.41) is 7.20. The quantitative estimate of drug-likeness (QED) is 0.195. The van der Waals surface area contributed by atoms with Gasteiger partial charge < -0.3 is 35.9 Å². The number of nitrogens with one attached hydrogen (secondary N) is 3. The zero-order chi connectivity index (χ0) is 35.8. The van der Waals surface area contributed by atoms with Crippen molar-refractivity contribution in [2.75, 3.05) is 31.6 Å². The van der Waals surface area contributed by atoms with Gasteiger partial charge in [-0.3, -0.25) is 9.78 Å². The zero-order valence-electron chi connectivity index (χ0n) is 25.4. The van der Waals surface area contributed by atoms with Crippen LogP contribution in [0.3, 0.4) is 0 Å². The minimum atomic E-state index is -4.92. The van der Waals surface area contributed by atoms with E-state index in [1.165, 1.54) is 30.5 Å². The molecule has 0 unspecified atom stereocenters. The van der Waals surface area contributed by atoms with E-state index in [1.807, 2.05) is 0 Å². The molecule has 0 saturated carbocycles. The molecule has 0 bridgehead atoms. The lowest BCUT2D eigenvalue weighted by atomic mass is 9.85. The van der Waals surface area contributed by atoms with Crippen molar-refractivity contribution in [3.8, 4) is 5.75 Å². The highest BCUT2D eigenvalue weighted by molar-refractivity contribution is 5.96. The summed E-state index contributed by atoms with van der Waals surface area (Å²) in [7, 11) is 0. The number of hydrogen-bond donors (Lipinski definition) is 4. The van der Waals surface area contributed by atoms with Gasteiger partial charge >= 0.3 is 18.6 Å². The first-order chi connectivity index (χ1) is 23.1. The van der Waals surface area contributed by atoms with Gasteiger partial charge in [0.2, 0.25) is 5.91 Å². The summed E-state index contributed by atoms with van der Waals surface area (Å²) < 4.78 is 118. The smallest absolute Gasteiger partial charge is 0.448 e. The van der Waals surface area contributed by atoms with E-state index in [2.05, 4.69) is 20.4 Å². The molecule has 3 aromatic rings. The number of carbonyl (C=O) groups is 2. The zero-order valence-corrected chi connectivity index (χ0v) is 25.4. The number of morpholine rings is 1. The van der Waals surface area contributed by atoms with E-state index in [0.717, 1.165) is 30.5 Å². The molecule has 18 heteroatoms. The standard InChI is InChI=1S/C31H31F8N5O5/c32-19-5-1-17(2-6-19)26(18-3-7-21(8-4-18)49-31(37,38)39)27(40)28(45)44-25-13-41-12-24(33)23(25)10-9-22-11-42-20(14-47-22)15-48-29(46)43-16-30(34,35)36/h1-8,12-13,20,22,26-27,42H,9-11,14-16,40H2,(H,43,46)(H,44,45)/t20-,22+,26+,27-/m0/s1. The first-order valence-corrected chi connectivity index (χ1v) is 14.7. The Labute approximate surface area is 274 Å². The molecule has 0 spiro atoms. The summed E-state index contributed by atoms with van der Waals surface area (Å²) in [6, 6.07) is 7.80. The molecule has 2 amide bonds. The Bertz CT molecular complexity index is 1550. The van der Waals surface area contributed by atoms with E-state index in [9.17, 15) is 44.7 Å². The normalized spacial score (nSPS) is 17.9. The van der Waals surface area contributed by atoms with E-state index >= 15 is 0 Å². The van der Waals surface area contributed by atoms with Gasteiger partial charge in [-0.15, -0.1) is 13.2 Å². The molecule has 1 fully saturated rings. The first-order valence-electron chi connectivity index (χ1n) is 14.7. The summed E-state index contributed by atoms with van der Waals surface area (Å²) in [6.07, 6.45) is -8.69. The van der Waals surface area contributed by atoms with E-state index in [-0.39, 0.29) is 43.9 Å². The number of carbonyl (C=O) groups excluding carboxylic acids is 2. The summed E-state index contributed by atoms with van der Waals surface area (Å²) in [4.78, 5) is 28.7. The number of pyridine rings is 1. The number of benzene rings is 2. The third-order valence-electron chi connectivity index (χ3n) is 7.36. The maximum Gasteiger partial charge on any atom is 0.573 e. The van der Waals surface area contributed by atoms with Crippen molar-refractivity contribution in [3.05, 3.63) is 89.2 Å². The van der Waals surface area contributed by atoms with Gasteiger partial charge in [-0.25, -0.2) is 13.6 Å². The van der Waals surface area contributed by atoms with Gasteiger partial charge in [-0.1, -0.05) is 24.3 Å². The van der Waals surface area contributed by atoms with E-state index in [1.54, 1.807) is 5.32 Å². The Kier molecular flexibility index (Phi) is 12.3. The summed E-state index contributed by atoms with van der Waals surface area (Å²) in [6.45, 7) is -1.50. The Balaban J connectivity index is 1.38. The molecule has 0 radical (unpaired) electrons. The van der Waals surface area contributed by atoms with Gasteiger partial charge in [0, 0.05) is 18.0 Å². The molecule has 0 aliphatic carbocycles. The van der Waals surface area contributed by atoms with Gasteiger partial charge in [-0.05, 0) is 48.2 Å². The molecule has 1 aliphatic rings. The fraction of sp³-hybridized carbons (Fsp3) is 0.387. The molecule has 266 valence electrons. The second-order valence-electron chi connectivity index (χ2n) is 11.0. The number of nitrogens with zero attached hydrogens (tertiary/aromatic N) is 1. The number of hydrogen-bond acceptors (Lipinski definition) is 8. The SMILES string of the molecule is N[C@H](C(=O)Nc1cncc(F)c1CC[C@@H]1CN[C@H](COC(=O)NCC(F)(F)F)CO1)[C@H](c1ccc(F)cc1)c1ccc(OC(F)(F)F)cc1. The van der Waals surface area contributed by atoms with Crippen molar-refractivity contribution >= 4 is 17.7 Å². The number of nitrogens with two attached hydrogens (primary N) is 1. The number of amides is 2. The average molecular weight is 706 g/mol. The molecular formula is C31H31F8N5O5. The molecule has 4 atom stereocenters. The van der Waals surface area contributed by atoms with Crippen LogP contribution in [-0.4, -0.2) is 74.0 Å². The Morgan fingerprint density at radius 1 is 1.00 bits per heavy atom. The first kappa shape index (κ1) is 37.3. The lowest BCUT2D eigenvalue weighted by Gasteiger charge is -2.30. The van der Waals surface area contributed by atoms with Crippen LogP contribution in [0.25, 0.3) is 0 Å². The van der Waals surface area contributed by atoms with Gasteiger partial charge in [0.25, 0.3) is 0 Å². The number of aromatic nitrogens is 1. The topological polar surface area (TPSA) is 137 Å². The van der Waals surface area contributed by atoms with Crippen LogP contribution in [-0.2, 0) is 20.7 Å². The molecule has 5 N–H and O–H groups in total. The third-order valence-corrected chi connectivity index (χ3v) is 7.36. The maximum absolute atomic E-state index is 15.0. The lowest BCUT2D eigenvalue weighted by Crippen LogP contribution is -2.49. The van der Waals surface area contributed by atoms with Gasteiger partial charge in [-0.2, -0.15) is 13.2 Å². The minimum absolute atomic E-state index is 0.00662. The summed E-state index contributed by atoms with van der Waals surface area (Å²) in [5.74, 6) is -3.58. The van der Waals surface area contributed by atoms with Crippen LogP contribution >= 0.6 is 0 Å². The molecule has 10 nitrogen and oxygen atoms in total. The molecule has 49 heavy (non-hydrogen) atoms. The molecule has 1 saturated heterocycles. The largest absolute Gasteiger partial charge is 0.573 e. The predicted molar refractivity (Wildman–Crippen MR) is 157 cm³/mol. The highest BCUT2D eigenvalue weighted by Gasteiger charge is 2.33. The van der Waals surface area contributed by atoms with Crippen LogP contribution in [0.15, 0.2) is 60.9 Å². The molecule has 2 aromatic carbocycles. The van der Waals surface area contributed by atoms with E-state index < -0.39 is 72.6 Å². The van der Waals surface area contributed by atoms with Gasteiger partial charge in [0.05, 0.1) is 42.9 Å². The number of alkyl halides is 6. The second-order valence-corrected chi connectivity index (χ2v) is 11.0. The minimum Gasteiger partial charge on any atom is -0.448 e. The highest BCUT2D eigenvalue weighted by atomic mass is 19.4. The highest BCUT2D eigenvalue weighted by Crippen LogP contribution is 2.32.